The molecular weight excluding hydrogens is 430 g/mol. The maximum absolute atomic E-state index is 5.85. The molecule has 0 saturated heterocycles. The molecule has 0 aliphatic rings. The van der Waals surface area contributed by atoms with Crippen LogP contribution >= 0.6 is 11.3 Å². The van der Waals surface area contributed by atoms with E-state index >= 15 is 0 Å². The molecule has 0 aliphatic heterocycles. The first-order chi connectivity index (χ1) is 16.2. The van der Waals surface area contributed by atoms with Gasteiger partial charge in [-0.1, -0.05) is 64.2 Å². The molecule has 0 aliphatic carbocycles. The molecule has 0 spiro atoms. The third kappa shape index (κ3) is 8.61. The molecule has 1 heterocycles. The number of ether oxygens (including phenoxy) is 2. The van der Waals surface area contributed by atoms with Crippen LogP contribution in [-0.2, 0) is 0 Å². The molecule has 2 aromatic carbocycles. The van der Waals surface area contributed by atoms with Gasteiger partial charge in [-0.25, -0.2) is 4.99 Å². The monoisotopic (exact) mass is 465 g/mol. The predicted octanol–water partition coefficient (Wildman–Crippen LogP) is 7.73. The molecular formula is C27H35N3O2S. The summed E-state index contributed by atoms with van der Waals surface area (Å²) < 4.78 is 11.7. The van der Waals surface area contributed by atoms with Crippen LogP contribution in [0.25, 0.3) is 10.6 Å². The average molecular weight is 466 g/mol. The zero-order valence-corrected chi connectivity index (χ0v) is 20.8. The summed E-state index contributed by atoms with van der Waals surface area (Å²) in [6.45, 7) is 8.10. The number of hydrogen-bond donors (Lipinski definition) is 0. The smallest absolute Gasteiger partial charge is 0.231 e. The first-order valence-electron chi connectivity index (χ1n) is 12.0. The van der Waals surface area contributed by atoms with E-state index in [0.717, 1.165) is 53.7 Å². The Hall–Kier alpha value is -2.73. The van der Waals surface area contributed by atoms with Crippen molar-refractivity contribution in [2.45, 2.75) is 59.3 Å². The number of unbranched alkanes of at least 4 members (excludes halogenated alkanes) is 4. The van der Waals surface area contributed by atoms with Crippen molar-refractivity contribution in [3.05, 3.63) is 54.1 Å². The first kappa shape index (κ1) is 24.9. The van der Waals surface area contributed by atoms with E-state index in [9.17, 15) is 0 Å². The molecule has 6 heteroatoms. The van der Waals surface area contributed by atoms with E-state index in [2.05, 4.69) is 36.0 Å². The lowest BCUT2D eigenvalue weighted by Gasteiger charge is -2.10. The van der Waals surface area contributed by atoms with Crippen LogP contribution in [0.5, 0.6) is 11.5 Å². The third-order valence-electron chi connectivity index (χ3n) is 5.47. The summed E-state index contributed by atoms with van der Waals surface area (Å²) in [5.41, 5.74) is 2.02. The van der Waals surface area contributed by atoms with Gasteiger partial charge in [0.25, 0.3) is 0 Å². The summed E-state index contributed by atoms with van der Waals surface area (Å²) in [4.78, 5) is 4.48. The maximum atomic E-state index is 5.85. The van der Waals surface area contributed by atoms with E-state index in [1.165, 1.54) is 37.0 Å². The molecule has 0 bridgehead atoms. The highest BCUT2D eigenvalue weighted by molar-refractivity contribution is 7.18. The lowest BCUT2D eigenvalue weighted by Crippen LogP contribution is -2.07. The van der Waals surface area contributed by atoms with Gasteiger partial charge in [-0.15, -0.1) is 10.2 Å². The second-order valence-electron chi connectivity index (χ2n) is 8.33. The fraction of sp³-hybridized carbons (Fsp3) is 0.444. The Morgan fingerprint density at radius 1 is 0.879 bits per heavy atom. The Balaban J connectivity index is 1.48. The fourth-order valence-electron chi connectivity index (χ4n) is 3.11. The lowest BCUT2D eigenvalue weighted by atomic mass is 10.1. The van der Waals surface area contributed by atoms with Gasteiger partial charge in [0.15, 0.2) is 0 Å². The summed E-state index contributed by atoms with van der Waals surface area (Å²) >= 11 is 1.47. The molecule has 0 fully saturated rings. The highest BCUT2D eigenvalue weighted by atomic mass is 32.1. The number of rotatable bonds is 14. The third-order valence-corrected chi connectivity index (χ3v) is 6.35. The number of aliphatic imine (C=N–C) groups is 1. The minimum atomic E-state index is 0.557. The van der Waals surface area contributed by atoms with Crippen molar-refractivity contribution >= 4 is 22.7 Å². The second kappa shape index (κ2) is 13.7. The van der Waals surface area contributed by atoms with Crippen LogP contribution < -0.4 is 9.47 Å². The van der Waals surface area contributed by atoms with Gasteiger partial charge in [-0.3, -0.25) is 0 Å². The van der Waals surface area contributed by atoms with Crippen molar-refractivity contribution in [3.8, 4) is 22.1 Å². The van der Waals surface area contributed by atoms with Crippen LogP contribution in [0.15, 0.2) is 53.5 Å². The van der Waals surface area contributed by atoms with Crippen molar-refractivity contribution in [3.63, 3.8) is 0 Å². The van der Waals surface area contributed by atoms with Gasteiger partial charge in [-0.05, 0) is 66.4 Å². The quantitative estimate of drug-likeness (QED) is 0.180. The number of nitrogens with zero attached hydrogens (tertiary/aromatic N) is 3. The van der Waals surface area contributed by atoms with Gasteiger partial charge < -0.3 is 9.47 Å². The lowest BCUT2D eigenvalue weighted by molar-refractivity contribution is 0.256. The molecule has 0 unspecified atom stereocenters. The summed E-state index contributed by atoms with van der Waals surface area (Å²) in [5.74, 6) is 2.34. The van der Waals surface area contributed by atoms with Crippen LogP contribution in [0, 0.1) is 5.92 Å². The number of aromatic nitrogens is 2. The van der Waals surface area contributed by atoms with E-state index in [1.807, 2.05) is 48.5 Å². The van der Waals surface area contributed by atoms with Crippen LogP contribution in [0.4, 0.5) is 5.13 Å². The summed E-state index contributed by atoms with van der Waals surface area (Å²) in [7, 11) is 0. The van der Waals surface area contributed by atoms with E-state index in [1.54, 1.807) is 6.21 Å². The van der Waals surface area contributed by atoms with Gasteiger partial charge in [-0.2, -0.15) is 0 Å². The number of hydrogen-bond acceptors (Lipinski definition) is 6. The highest BCUT2D eigenvalue weighted by Gasteiger charge is 2.06. The van der Waals surface area contributed by atoms with E-state index in [4.69, 9.17) is 9.47 Å². The molecule has 1 atom stereocenters. The minimum absolute atomic E-state index is 0.557. The van der Waals surface area contributed by atoms with Gasteiger partial charge in [0, 0.05) is 11.8 Å². The van der Waals surface area contributed by atoms with Crippen molar-refractivity contribution < 1.29 is 9.47 Å². The van der Waals surface area contributed by atoms with E-state index in [0.29, 0.717) is 11.0 Å². The Kier molecular flexibility index (Phi) is 10.4. The number of benzene rings is 2. The molecule has 3 rings (SSSR count). The molecule has 33 heavy (non-hydrogen) atoms. The maximum Gasteiger partial charge on any atom is 0.231 e. The van der Waals surface area contributed by atoms with Gasteiger partial charge in [0.1, 0.15) is 16.5 Å². The van der Waals surface area contributed by atoms with Crippen LogP contribution in [0.1, 0.15) is 64.9 Å². The standard InChI is InChI=1S/C27H35N3O2S/c1-4-6-7-8-9-18-31-24-16-12-23(13-17-24)26-29-30-27(33-26)28-19-22-10-14-25(15-11-22)32-20-21(3)5-2/h10-17,19,21H,4-9,18,20H2,1-3H3/b28-19+/t21-/m1/s1. The SMILES string of the molecule is CCCCCCCOc1ccc(-c2nnc(/N=C/c3ccc(OC[C@H](C)CC)cc3)s2)cc1. The molecule has 5 nitrogen and oxygen atoms in total. The van der Waals surface area contributed by atoms with Gasteiger partial charge in [0.2, 0.25) is 5.13 Å². The minimum Gasteiger partial charge on any atom is -0.494 e. The molecule has 3 aromatic rings. The van der Waals surface area contributed by atoms with Crippen LogP contribution in [0.3, 0.4) is 0 Å². The molecule has 0 saturated carbocycles. The van der Waals surface area contributed by atoms with Gasteiger partial charge in [0.05, 0.1) is 13.2 Å². The van der Waals surface area contributed by atoms with Crippen molar-refractivity contribution in [1.29, 1.82) is 0 Å². The Labute approximate surface area is 201 Å². The van der Waals surface area contributed by atoms with Crippen LogP contribution in [-0.4, -0.2) is 29.6 Å². The fourth-order valence-corrected chi connectivity index (χ4v) is 3.81. The van der Waals surface area contributed by atoms with Crippen LogP contribution in [0.2, 0.25) is 0 Å². The molecule has 0 N–H and O–H groups in total. The Morgan fingerprint density at radius 3 is 2.30 bits per heavy atom. The molecule has 1 aromatic heterocycles. The predicted molar refractivity (Wildman–Crippen MR) is 138 cm³/mol. The molecule has 0 amide bonds. The zero-order chi connectivity index (χ0) is 23.3. The largest absolute Gasteiger partial charge is 0.494 e. The van der Waals surface area contributed by atoms with Crippen molar-refractivity contribution in [1.82, 2.24) is 10.2 Å². The van der Waals surface area contributed by atoms with E-state index in [-0.39, 0.29) is 0 Å². The van der Waals surface area contributed by atoms with Crippen molar-refractivity contribution in [2.24, 2.45) is 10.9 Å². The normalized spacial score (nSPS) is 12.2. The second-order valence-corrected chi connectivity index (χ2v) is 9.28. The summed E-state index contributed by atoms with van der Waals surface area (Å²) in [5, 5.41) is 9.98. The van der Waals surface area contributed by atoms with E-state index < -0.39 is 0 Å². The molecule has 0 radical (unpaired) electrons. The highest BCUT2D eigenvalue weighted by Crippen LogP contribution is 2.29. The summed E-state index contributed by atoms with van der Waals surface area (Å²) in [6, 6.07) is 16.0. The average Bonchev–Trinajstić information content (AvgIpc) is 3.33. The van der Waals surface area contributed by atoms with Crippen molar-refractivity contribution in [2.75, 3.05) is 13.2 Å². The summed E-state index contributed by atoms with van der Waals surface area (Å²) in [6.07, 6.45) is 9.12. The zero-order valence-electron chi connectivity index (χ0n) is 20.0. The topological polar surface area (TPSA) is 56.6 Å². The Morgan fingerprint density at radius 2 is 1.58 bits per heavy atom. The van der Waals surface area contributed by atoms with Gasteiger partial charge >= 0.3 is 0 Å². The first-order valence-corrected chi connectivity index (χ1v) is 12.8. The molecule has 176 valence electrons. The Bertz CT molecular complexity index is 968.